The Morgan fingerprint density at radius 2 is 2.46 bits per heavy atom. The van der Waals surface area contributed by atoms with Crippen molar-refractivity contribution in [3.8, 4) is 11.8 Å². The summed E-state index contributed by atoms with van der Waals surface area (Å²) in [6, 6.07) is 3.61. The Bertz CT molecular complexity index is 325. The monoisotopic (exact) mass is 194 g/mol. The number of rotatable bonds is 3. The minimum absolute atomic E-state index is 0.645. The van der Waals surface area contributed by atoms with Gasteiger partial charge in [-0.05, 0) is 19.1 Å². The summed E-state index contributed by atoms with van der Waals surface area (Å²) in [5.41, 5.74) is 0. The minimum Gasteiger partial charge on any atom is -0.368 e. The molecule has 3 heteroatoms. The zero-order valence-electron chi connectivity index (χ0n) is 7.47. The highest BCUT2D eigenvalue weighted by Crippen LogP contribution is 2.16. The summed E-state index contributed by atoms with van der Waals surface area (Å²) in [4.78, 5) is 4.08. The van der Waals surface area contributed by atoms with Crippen molar-refractivity contribution in [1.82, 2.24) is 4.98 Å². The average Bonchev–Trinajstić information content (AvgIpc) is 2.15. The van der Waals surface area contributed by atoms with Crippen molar-refractivity contribution >= 4 is 17.4 Å². The van der Waals surface area contributed by atoms with Crippen LogP contribution in [0.4, 0.5) is 5.82 Å². The number of hydrogen-bond donors (Lipinski definition) is 1. The lowest BCUT2D eigenvalue weighted by Gasteiger charge is -2.03. The van der Waals surface area contributed by atoms with Gasteiger partial charge in [-0.2, -0.15) is 0 Å². The van der Waals surface area contributed by atoms with Gasteiger partial charge in [-0.15, -0.1) is 11.8 Å². The third-order valence-electron chi connectivity index (χ3n) is 1.48. The topological polar surface area (TPSA) is 24.9 Å². The molecule has 0 radical (unpaired) electrons. The molecule has 13 heavy (non-hydrogen) atoms. The Kier molecular flexibility index (Phi) is 4.14. The molecule has 1 heterocycles. The zero-order chi connectivity index (χ0) is 9.52. The lowest BCUT2D eigenvalue weighted by Crippen LogP contribution is -2.02. The summed E-state index contributed by atoms with van der Waals surface area (Å²) in [7, 11) is 0. The molecule has 0 unspecified atom stereocenters. The normalized spacial score (nSPS) is 8.77. The van der Waals surface area contributed by atoms with Gasteiger partial charge in [-0.1, -0.05) is 11.6 Å². The van der Waals surface area contributed by atoms with Crippen LogP contribution in [0, 0.1) is 11.8 Å². The van der Waals surface area contributed by atoms with Crippen LogP contribution in [0.15, 0.2) is 18.3 Å². The molecule has 0 atom stereocenters. The highest BCUT2D eigenvalue weighted by molar-refractivity contribution is 6.32. The maximum atomic E-state index is 5.88. The van der Waals surface area contributed by atoms with Crippen LogP contribution in [-0.4, -0.2) is 11.5 Å². The van der Waals surface area contributed by atoms with Gasteiger partial charge in [0.1, 0.15) is 5.82 Å². The van der Waals surface area contributed by atoms with Crippen molar-refractivity contribution < 1.29 is 0 Å². The van der Waals surface area contributed by atoms with E-state index in [2.05, 4.69) is 22.1 Å². The van der Waals surface area contributed by atoms with E-state index in [9.17, 15) is 0 Å². The van der Waals surface area contributed by atoms with E-state index in [0.29, 0.717) is 5.02 Å². The standard InChI is InChI=1S/C10H11ClN2/c1-2-3-4-7-12-10-9(11)6-5-8-13-10/h5-6,8H,4,7H2,1H3,(H,12,13). The van der Waals surface area contributed by atoms with Gasteiger partial charge in [0.15, 0.2) is 0 Å². The van der Waals surface area contributed by atoms with E-state index in [1.807, 2.05) is 13.0 Å². The van der Waals surface area contributed by atoms with Crippen molar-refractivity contribution in [1.29, 1.82) is 0 Å². The van der Waals surface area contributed by atoms with Gasteiger partial charge in [-0.25, -0.2) is 4.98 Å². The Balaban J connectivity index is 2.44. The fourth-order valence-corrected chi connectivity index (χ4v) is 1.07. The Labute approximate surface area is 83.3 Å². The number of nitrogens with one attached hydrogen (secondary N) is 1. The Morgan fingerprint density at radius 3 is 3.15 bits per heavy atom. The maximum Gasteiger partial charge on any atom is 0.144 e. The van der Waals surface area contributed by atoms with Crippen molar-refractivity contribution in [2.24, 2.45) is 0 Å². The smallest absolute Gasteiger partial charge is 0.144 e. The van der Waals surface area contributed by atoms with E-state index in [1.165, 1.54) is 0 Å². The molecule has 1 rings (SSSR count). The van der Waals surface area contributed by atoms with Gasteiger partial charge in [0.25, 0.3) is 0 Å². The van der Waals surface area contributed by atoms with Crippen LogP contribution in [0.5, 0.6) is 0 Å². The quantitative estimate of drug-likeness (QED) is 0.591. The molecule has 0 aliphatic rings. The molecule has 0 bridgehead atoms. The third-order valence-corrected chi connectivity index (χ3v) is 1.78. The molecule has 0 aromatic carbocycles. The van der Waals surface area contributed by atoms with Crippen LogP contribution in [-0.2, 0) is 0 Å². The van der Waals surface area contributed by atoms with Crippen LogP contribution < -0.4 is 5.32 Å². The van der Waals surface area contributed by atoms with E-state index in [1.54, 1.807) is 12.3 Å². The van der Waals surface area contributed by atoms with Gasteiger partial charge in [-0.3, -0.25) is 0 Å². The van der Waals surface area contributed by atoms with Gasteiger partial charge < -0.3 is 5.32 Å². The maximum absolute atomic E-state index is 5.88. The molecule has 1 aromatic rings. The highest BCUT2D eigenvalue weighted by atomic mass is 35.5. The second kappa shape index (κ2) is 5.45. The average molecular weight is 195 g/mol. The molecule has 68 valence electrons. The van der Waals surface area contributed by atoms with Crippen LogP contribution in [0.3, 0.4) is 0 Å². The van der Waals surface area contributed by atoms with Crippen molar-refractivity contribution in [3.05, 3.63) is 23.4 Å². The molecule has 1 N–H and O–H groups in total. The van der Waals surface area contributed by atoms with E-state index < -0.39 is 0 Å². The molecule has 1 aromatic heterocycles. The summed E-state index contributed by atoms with van der Waals surface area (Å²) < 4.78 is 0. The van der Waals surface area contributed by atoms with Gasteiger partial charge in [0.2, 0.25) is 0 Å². The Morgan fingerprint density at radius 1 is 1.62 bits per heavy atom. The molecule has 0 amide bonds. The summed E-state index contributed by atoms with van der Waals surface area (Å²) >= 11 is 5.88. The molecule has 2 nitrogen and oxygen atoms in total. The second-order valence-corrected chi connectivity index (χ2v) is 2.84. The van der Waals surface area contributed by atoms with Crippen LogP contribution in [0.2, 0.25) is 5.02 Å². The highest BCUT2D eigenvalue weighted by Gasteiger charge is 1.96. The molecule has 0 spiro atoms. The number of aromatic nitrogens is 1. The predicted octanol–water partition coefficient (Wildman–Crippen LogP) is 2.56. The molecule has 0 saturated carbocycles. The van der Waals surface area contributed by atoms with Crippen LogP contribution >= 0.6 is 11.6 Å². The summed E-state index contributed by atoms with van der Waals surface area (Å²) in [5.74, 6) is 6.50. The summed E-state index contributed by atoms with van der Waals surface area (Å²) in [5, 5.41) is 3.75. The fraction of sp³-hybridized carbons (Fsp3) is 0.300. The molecule has 0 aliphatic heterocycles. The first kappa shape index (κ1) is 9.88. The molecule has 0 saturated heterocycles. The molecule has 0 fully saturated rings. The van der Waals surface area contributed by atoms with E-state index in [4.69, 9.17) is 11.6 Å². The largest absolute Gasteiger partial charge is 0.368 e. The van der Waals surface area contributed by atoms with Crippen molar-refractivity contribution in [2.75, 3.05) is 11.9 Å². The minimum atomic E-state index is 0.645. The number of halogens is 1. The van der Waals surface area contributed by atoms with Crippen molar-refractivity contribution in [2.45, 2.75) is 13.3 Å². The molecular weight excluding hydrogens is 184 g/mol. The molecular formula is C10H11ClN2. The first-order valence-electron chi connectivity index (χ1n) is 4.08. The number of hydrogen-bond acceptors (Lipinski definition) is 2. The second-order valence-electron chi connectivity index (χ2n) is 2.44. The van der Waals surface area contributed by atoms with Gasteiger partial charge >= 0.3 is 0 Å². The lowest BCUT2D eigenvalue weighted by molar-refractivity contribution is 1.07. The first-order valence-corrected chi connectivity index (χ1v) is 4.46. The van der Waals surface area contributed by atoms with Crippen LogP contribution in [0.1, 0.15) is 13.3 Å². The predicted molar refractivity (Wildman–Crippen MR) is 55.8 cm³/mol. The third kappa shape index (κ3) is 3.35. The Hall–Kier alpha value is -1.20. The van der Waals surface area contributed by atoms with Gasteiger partial charge in [0.05, 0.1) is 5.02 Å². The summed E-state index contributed by atoms with van der Waals surface area (Å²) in [6.07, 6.45) is 2.52. The van der Waals surface area contributed by atoms with E-state index in [-0.39, 0.29) is 0 Å². The SMILES string of the molecule is CC#CCCNc1ncccc1Cl. The number of nitrogens with zero attached hydrogens (tertiary/aromatic N) is 1. The number of anilines is 1. The first-order chi connectivity index (χ1) is 6.34. The van der Waals surface area contributed by atoms with Crippen LogP contribution in [0.25, 0.3) is 0 Å². The van der Waals surface area contributed by atoms with Crippen molar-refractivity contribution in [3.63, 3.8) is 0 Å². The summed E-state index contributed by atoms with van der Waals surface area (Å²) in [6.45, 7) is 2.60. The molecule has 0 aliphatic carbocycles. The van der Waals surface area contributed by atoms with E-state index in [0.717, 1.165) is 18.8 Å². The zero-order valence-corrected chi connectivity index (χ0v) is 8.23. The fourth-order valence-electron chi connectivity index (χ4n) is 0.884. The number of pyridine rings is 1. The van der Waals surface area contributed by atoms with E-state index >= 15 is 0 Å². The van der Waals surface area contributed by atoms with Gasteiger partial charge in [0, 0.05) is 19.2 Å². The lowest BCUT2D eigenvalue weighted by atomic mass is 10.4.